The molecular weight excluding hydrogens is 496 g/mol. The van der Waals surface area contributed by atoms with E-state index in [0.29, 0.717) is 11.0 Å². The van der Waals surface area contributed by atoms with Crippen LogP contribution in [0.25, 0.3) is 38.2 Å². The molecule has 1 unspecified atom stereocenters. The molecule has 0 saturated carbocycles. The summed E-state index contributed by atoms with van der Waals surface area (Å²) >= 11 is 0. The molecule has 2 aromatic heterocycles. The maximum atomic E-state index is 13.8. The van der Waals surface area contributed by atoms with Crippen molar-refractivity contribution < 1.29 is 4.74 Å². The van der Waals surface area contributed by atoms with Gasteiger partial charge in [0.15, 0.2) is 0 Å². The van der Waals surface area contributed by atoms with Gasteiger partial charge >= 0.3 is 0 Å². The number of pyridine rings is 1. The number of hydrazone groups is 1. The number of hydrogen-bond acceptors (Lipinski definition) is 5. The van der Waals surface area contributed by atoms with E-state index in [2.05, 4.69) is 53.5 Å². The molecule has 7 aromatic rings. The quantitative estimate of drug-likeness (QED) is 0.252. The van der Waals surface area contributed by atoms with Gasteiger partial charge in [-0.15, -0.1) is 0 Å². The largest absolute Gasteiger partial charge is 0.497 e. The molecule has 1 aliphatic rings. The van der Waals surface area contributed by atoms with E-state index in [1.165, 1.54) is 0 Å². The lowest BCUT2D eigenvalue weighted by Gasteiger charge is -2.24. The summed E-state index contributed by atoms with van der Waals surface area (Å²) in [7, 11) is 1.68. The van der Waals surface area contributed by atoms with Crippen LogP contribution >= 0.6 is 0 Å². The van der Waals surface area contributed by atoms with Crippen LogP contribution in [0.1, 0.15) is 23.6 Å². The molecule has 0 N–H and O–H groups in total. The number of benzene rings is 5. The molecule has 0 aliphatic carbocycles. The first kappa shape index (κ1) is 22.7. The Morgan fingerprint density at radius 2 is 1.55 bits per heavy atom. The number of para-hydroxylation sites is 3. The van der Waals surface area contributed by atoms with Gasteiger partial charge in [-0.25, -0.2) is 4.98 Å². The molecule has 0 fully saturated rings. The van der Waals surface area contributed by atoms with Crippen LogP contribution in [0.4, 0.5) is 5.69 Å². The van der Waals surface area contributed by atoms with E-state index in [1.807, 2.05) is 60.7 Å². The molecule has 0 spiro atoms. The highest BCUT2D eigenvalue weighted by molar-refractivity contribution is 6.22. The molecule has 3 heterocycles. The van der Waals surface area contributed by atoms with Gasteiger partial charge in [0.2, 0.25) is 0 Å². The van der Waals surface area contributed by atoms with Crippen molar-refractivity contribution in [2.75, 3.05) is 12.1 Å². The summed E-state index contributed by atoms with van der Waals surface area (Å²) in [4.78, 5) is 18.7. The minimum absolute atomic E-state index is 0.0277. The zero-order valence-electron chi connectivity index (χ0n) is 21.8. The van der Waals surface area contributed by atoms with Gasteiger partial charge in [0, 0.05) is 28.1 Å². The molecular formula is C34H24N4O2. The first-order valence-electron chi connectivity index (χ1n) is 13.4. The van der Waals surface area contributed by atoms with Crippen molar-refractivity contribution in [3.05, 3.63) is 131 Å². The van der Waals surface area contributed by atoms with Crippen LogP contribution in [0.2, 0.25) is 0 Å². The Bertz CT molecular complexity index is 2150. The zero-order chi connectivity index (χ0) is 26.8. The first-order chi connectivity index (χ1) is 19.7. The highest BCUT2D eigenvalue weighted by atomic mass is 16.5. The third-order valence-electron chi connectivity index (χ3n) is 8.02. The van der Waals surface area contributed by atoms with Crippen LogP contribution in [-0.4, -0.2) is 22.2 Å². The summed E-state index contributed by atoms with van der Waals surface area (Å²) in [5.74, 6) is 0.827. The van der Waals surface area contributed by atoms with Crippen molar-refractivity contribution >= 4 is 49.6 Å². The number of fused-ring (bicyclic) bond motifs is 4. The number of anilines is 1. The average molecular weight is 521 g/mol. The molecule has 6 heteroatoms. The van der Waals surface area contributed by atoms with Crippen LogP contribution < -0.4 is 15.3 Å². The van der Waals surface area contributed by atoms with Gasteiger partial charge in [-0.2, -0.15) is 5.10 Å². The molecule has 0 radical (unpaired) electrons. The van der Waals surface area contributed by atoms with Crippen molar-refractivity contribution in [2.45, 2.75) is 12.5 Å². The SMILES string of the molecule is COc1ccc(C2CC(c3ccc4c(=O)n5c6ccccc6nc5c5cccc3c45)=NN2c2ccccc2)cc1. The van der Waals surface area contributed by atoms with Gasteiger partial charge in [-0.05, 0) is 53.4 Å². The van der Waals surface area contributed by atoms with Gasteiger partial charge in [0.25, 0.3) is 5.56 Å². The lowest BCUT2D eigenvalue weighted by molar-refractivity contribution is 0.414. The van der Waals surface area contributed by atoms with Crippen LogP contribution in [0.3, 0.4) is 0 Å². The van der Waals surface area contributed by atoms with Gasteiger partial charge < -0.3 is 4.74 Å². The molecule has 40 heavy (non-hydrogen) atoms. The molecule has 0 amide bonds. The Morgan fingerprint density at radius 3 is 2.38 bits per heavy atom. The van der Waals surface area contributed by atoms with E-state index < -0.39 is 0 Å². The smallest absolute Gasteiger partial charge is 0.264 e. The summed E-state index contributed by atoms with van der Waals surface area (Å²) in [5.41, 5.74) is 6.51. The van der Waals surface area contributed by atoms with E-state index in [-0.39, 0.29) is 11.6 Å². The average Bonchev–Trinajstić information content (AvgIpc) is 3.63. The van der Waals surface area contributed by atoms with Crippen molar-refractivity contribution in [1.29, 1.82) is 0 Å². The van der Waals surface area contributed by atoms with Crippen LogP contribution in [-0.2, 0) is 0 Å². The van der Waals surface area contributed by atoms with Crippen molar-refractivity contribution in [2.24, 2.45) is 5.10 Å². The number of nitrogens with zero attached hydrogens (tertiary/aromatic N) is 4. The minimum atomic E-state index is -0.0469. The Hall–Kier alpha value is -5.23. The normalized spacial score (nSPS) is 15.5. The van der Waals surface area contributed by atoms with Crippen LogP contribution in [0.15, 0.2) is 119 Å². The standard InChI is InChI=1S/C34H24N4O2/c1-40-23-16-14-21(15-17-23)31-20-29(36-38(31)22-8-3-2-4-9-22)24-18-19-27-32-25(24)10-7-11-26(32)33-35-28-12-5-6-13-30(28)37(33)34(27)39/h2-19,31H,20H2,1H3. The predicted octanol–water partition coefficient (Wildman–Crippen LogP) is 6.96. The Labute approximate surface area is 229 Å². The van der Waals surface area contributed by atoms with E-state index in [9.17, 15) is 4.79 Å². The summed E-state index contributed by atoms with van der Waals surface area (Å²) < 4.78 is 7.14. The van der Waals surface area contributed by atoms with Gasteiger partial charge in [0.05, 0.1) is 35.6 Å². The molecule has 8 rings (SSSR count). The number of hydrogen-bond donors (Lipinski definition) is 0. The van der Waals surface area contributed by atoms with E-state index in [1.54, 1.807) is 11.5 Å². The van der Waals surface area contributed by atoms with Crippen LogP contribution in [0.5, 0.6) is 5.75 Å². The Balaban J connectivity index is 1.34. The number of methoxy groups -OCH3 is 1. The Kier molecular flexibility index (Phi) is 4.91. The van der Waals surface area contributed by atoms with Gasteiger partial charge in [0.1, 0.15) is 11.4 Å². The molecule has 0 saturated heterocycles. The molecule has 0 bridgehead atoms. The number of ether oxygens (including phenoxy) is 1. The maximum absolute atomic E-state index is 13.8. The minimum Gasteiger partial charge on any atom is -0.497 e. The summed E-state index contributed by atoms with van der Waals surface area (Å²) in [5, 5.41) is 10.9. The van der Waals surface area contributed by atoms with Crippen molar-refractivity contribution in [3.63, 3.8) is 0 Å². The van der Waals surface area contributed by atoms with Crippen molar-refractivity contribution in [3.8, 4) is 5.75 Å². The Morgan fingerprint density at radius 1 is 0.775 bits per heavy atom. The lowest BCUT2D eigenvalue weighted by atomic mass is 9.92. The number of rotatable bonds is 4. The third-order valence-corrected chi connectivity index (χ3v) is 8.02. The second-order valence-electron chi connectivity index (χ2n) is 10.2. The van der Waals surface area contributed by atoms with Crippen molar-refractivity contribution in [1.82, 2.24) is 9.38 Å². The molecule has 6 nitrogen and oxygen atoms in total. The monoisotopic (exact) mass is 520 g/mol. The van der Waals surface area contributed by atoms with Gasteiger partial charge in [-0.1, -0.05) is 66.7 Å². The molecule has 1 atom stereocenters. The van der Waals surface area contributed by atoms with E-state index >= 15 is 0 Å². The molecule has 5 aromatic carbocycles. The topological polar surface area (TPSA) is 59.2 Å². The van der Waals surface area contributed by atoms with E-state index in [4.69, 9.17) is 14.8 Å². The van der Waals surface area contributed by atoms with Crippen LogP contribution in [0, 0.1) is 0 Å². The van der Waals surface area contributed by atoms with E-state index in [0.717, 1.165) is 61.9 Å². The second kappa shape index (κ2) is 8.64. The number of imidazole rings is 1. The molecule has 192 valence electrons. The fourth-order valence-electron chi connectivity index (χ4n) is 6.13. The third kappa shape index (κ3) is 3.26. The zero-order valence-corrected chi connectivity index (χ0v) is 21.8. The highest BCUT2D eigenvalue weighted by Gasteiger charge is 2.31. The maximum Gasteiger partial charge on any atom is 0.264 e. The highest BCUT2D eigenvalue weighted by Crippen LogP contribution is 2.39. The summed E-state index contributed by atoms with van der Waals surface area (Å²) in [6, 6.07) is 36.5. The molecule has 1 aliphatic heterocycles. The first-order valence-corrected chi connectivity index (χ1v) is 13.4. The number of aromatic nitrogens is 2. The predicted molar refractivity (Wildman–Crippen MR) is 161 cm³/mol. The lowest BCUT2D eigenvalue weighted by Crippen LogP contribution is -2.18. The van der Waals surface area contributed by atoms with Gasteiger partial charge in [-0.3, -0.25) is 14.2 Å². The fraction of sp³-hybridized carbons (Fsp3) is 0.0882. The fourth-order valence-corrected chi connectivity index (χ4v) is 6.13. The second-order valence-corrected chi connectivity index (χ2v) is 10.2. The summed E-state index contributed by atoms with van der Waals surface area (Å²) in [6.45, 7) is 0. The summed E-state index contributed by atoms with van der Waals surface area (Å²) in [6.07, 6.45) is 0.729.